The third kappa shape index (κ3) is 3.96. The molecule has 0 unspecified atom stereocenters. The number of nitrogens with zero attached hydrogens (tertiary/aromatic N) is 2. The van der Waals surface area contributed by atoms with Gasteiger partial charge in [0.25, 0.3) is 0 Å². The summed E-state index contributed by atoms with van der Waals surface area (Å²) in [5.74, 6) is 0.473. The topological polar surface area (TPSA) is 60.9 Å². The van der Waals surface area contributed by atoms with Crippen molar-refractivity contribution in [3.8, 4) is 0 Å². The van der Waals surface area contributed by atoms with E-state index in [1.807, 2.05) is 9.80 Å². The third-order valence-electron chi connectivity index (χ3n) is 4.52. The van der Waals surface area contributed by atoms with Gasteiger partial charge in [-0.25, -0.2) is 0 Å². The molecule has 21 heavy (non-hydrogen) atoms. The van der Waals surface area contributed by atoms with E-state index in [2.05, 4.69) is 13.8 Å². The number of hydrogen-bond acceptors (Lipinski definition) is 3. The number of carbonyl (C=O) groups excluding carboxylic acids is 2. The van der Waals surface area contributed by atoms with E-state index in [4.69, 9.17) is 5.11 Å². The number of piperidine rings is 1. The Labute approximate surface area is 127 Å². The molecule has 1 N–H and O–H groups in total. The van der Waals surface area contributed by atoms with Gasteiger partial charge in [0.2, 0.25) is 11.8 Å². The summed E-state index contributed by atoms with van der Waals surface area (Å²) in [7, 11) is 0. The average Bonchev–Trinajstić information content (AvgIpc) is 2.80. The van der Waals surface area contributed by atoms with E-state index >= 15 is 0 Å². The molecular formula is C16H28N2O3. The van der Waals surface area contributed by atoms with Crippen LogP contribution < -0.4 is 0 Å². The number of aliphatic hydroxyl groups excluding tert-OH is 1. The Morgan fingerprint density at radius 2 is 2.14 bits per heavy atom. The van der Waals surface area contributed by atoms with Crippen molar-refractivity contribution in [2.75, 3.05) is 26.2 Å². The molecular weight excluding hydrogens is 268 g/mol. The normalized spacial score (nSPS) is 26.8. The van der Waals surface area contributed by atoms with E-state index in [1.54, 1.807) is 0 Å². The van der Waals surface area contributed by atoms with Gasteiger partial charge in [0.05, 0.1) is 5.92 Å². The minimum Gasteiger partial charge on any atom is -0.396 e. The van der Waals surface area contributed by atoms with E-state index < -0.39 is 0 Å². The maximum Gasteiger partial charge on any atom is 0.228 e. The standard InChI is InChI=1S/C16H28N2O3/c1-12(2)10-17-11-13(9-15(17)20)16(21)18-7-4-3-5-14(18)6-8-19/h12-14,19H,3-11H2,1-2H3/t13-,14+/m1/s1. The van der Waals surface area contributed by atoms with Crippen LogP contribution in [-0.4, -0.2) is 59.0 Å². The highest BCUT2D eigenvalue weighted by atomic mass is 16.3. The van der Waals surface area contributed by atoms with Gasteiger partial charge in [-0.1, -0.05) is 13.8 Å². The maximum absolute atomic E-state index is 12.7. The Morgan fingerprint density at radius 1 is 1.38 bits per heavy atom. The van der Waals surface area contributed by atoms with Gasteiger partial charge in [-0.3, -0.25) is 9.59 Å². The van der Waals surface area contributed by atoms with E-state index in [9.17, 15) is 9.59 Å². The van der Waals surface area contributed by atoms with Gasteiger partial charge in [-0.15, -0.1) is 0 Å². The van der Waals surface area contributed by atoms with Gasteiger partial charge >= 0.3 is 0 Å². The maximum atomic E-state index is 12.7. The molecule has 0 aromatic heterocycles. The summed E-state index contributed by atoms with van der Waals surface area (Å²) < 4.78 is 0. The van der Waals surface area contributed by atoms with Gasteiger partial charge in [0, 0.05) is 38.7 Å². The molecule has 120 valence electrons. The number of aliphatic hydroxyl groups is 1. The lowest BCUT2D eigenvalue weighted by Crippen LogP contribution is -2.47. The van der Waals surface area contributed by atoms with Crippen LogP contribution in [0.3, 0.4) is 0 Å². The molecule has 5 heteroatoms. The Balaban J connectivity index is 1.97. The Kier molecular flexibility index (Phi) is 5.62. The Hall–Kier alpha value is -1.10. The summed E-state index contributed by atoms with van der Waals surface area (Å²) in [6.45, 7) is 6.38. The largest absolute Gasteiger partial charge is 0.396 e. The quantitative estimate of drug-likeness (QED) is 0.831. The van der Waals surface area contributed by atoms with Gasteiger partial charge < -0.3 is 14.9 Å². The van der Waals surface area contributed by atoms with E-state index in [1.165, 1.54) is 0 Å². The van der Waals surface area contributed by atoms with Crippen LogP contribution in [0, 0.1) is 11.8 Å². The summed E-state index contributed by atoms with van der Waals surface area (Å²) in [5, 5.41) is 9.17. The van der Waals surface area contributed by atoms with Crippen molar-refractivity contribution in [2.45, 2.75) is 52.0 Å². The molecule has 2 atom stereocenters. The zero-order chi connectivity index (χ0) is 15.4. The number of hydrogen-bond donors (Lipinski definition) is 1. The van der Waals surface area contributed by atoms with Crippen molar-refractivity contribution in [1.29, 1.82) is 0 Å². The second kappa shape index (κ2) is 7.25. The van der Waals surface area contributed by atoms with Gasteiger partial charge in [-0.2, -0.15) is 0 Å². The summed E-state index contributed by atoms with van der Waals surface area (Å²) in [4.78, 5) is 28.5. The van der Waals surface area contributed by atoms with Crippen molar-refractivity contribution in [1.82, 2.24) is 9.80 Å². The highest BCUT2D eigenvalue weighted by molar-refractivity contribution is 5.89. The first-order valence-corrected chi connectivity index (χ1v) is 8.22. The van der Waals surface area contributed by atoms with Gasteiger partial charge in [-0.05, 0) is 31.6 Å². The number of likely N-dealkylation sites (tertiary alicyclic amines) is 2. The molecule has 2 aliphatic rings. The van der Waals surface area contributed by atoms with Crippen molar-refractivity contribution in [3.63, 3.8) is 0 Å². The molecule has 0 saturated carbocycles. The smallest absolute Gasteiger partial charge is 0.228 e. The molecule has 0 radical (unpaired) electrons. The van der Waals surface area contributed by atoms with E-state index in [-0.39, 0.29) is 30.4 Å². The average molecular weight is 296 g/mol. The number of amides is 2. The van der Waals surface area contributed by atoms with Crippen LogP contribution in [-0.2, 0) is 9.59 Å². The lowest BCUT2D eigenvalue weighted by molar-refractivity contribution is -0.139. The third-order valence-corrected chi connectivity index (χ3v) is 4.52. The molecule has 0 aliphatic carbocycles. The SMILES string of the molecule is CC(C)CN1C[C@H](C(=O)N2CCCC[C@H]2CCO)CC1=O. The highest BCUT2D eigenvalue weighted by Crippen LogP contribution is 2.26. The molecule has 2 aliphatic heterocycles. The first kappa shape index (κ1) is 16.3. The van der Waals surface area contributed by atoms with Crippen molar-refractivity contribution >= 4 is 11.8 Å². The van der Waals surface area contributed by atoms with E-state index in [0.717, 1.165) is 32.4 Å². The van der Waals surface area contributed by atoms with Crippen LogP contribution >= 0.6 is 0 Å². The Bertz CT molecular complexity index is 382. The first-order valence-electron chi connectivity index (χ1n) is 8.22. The van der Waals surface area contributed by atoms with Gasteiger partial charge in [0.15, 0.2) is 0 Å². The highest BCUT2D eigenvalue weighted by Gasteiger charge is 2.38. The minimum absolute atomic E-state index is 0.109. The molecule has 5 nitrogen and oxygen atoms in total. The van der Waals surface area contributed by atoms with Crippen LogP contribution in [0.1, 0.15) is 46.0 Å². The monoisotopic (exact) mass is 296 g/mol. The van der Waals surface area contributed by atoms with Crippen LogP contribution in [0.4, 0.5) is 0 Å². The van der Waals surface area contributed by atoms with Crippen LogP contribution in [0.2, 0.25) is 0 Å². The predicted molar refractivity (Wildman–Crippen MR) is 80.6 cm³/mol. The van der Waals surface area contributed by atoms with Gasteiger partial charge in [0.1, 0.15) is 0 Å². The second-order valence-electron chi connectivity index (χ2n) is 6.79. The van der Waals surface area contributed by atoms with Crippen LogP contribution in [0.15, 0.2) is 0 Å². The Morgan fingerprint density at radius 3 is 2.81 bits per heavy atom. The molecule has 2 heterocycles. The lowest BCUT2D eigenvalue weighted by Gasteiger charge is -2.37. The summed E-state index contributed by atoms with van der Waals surface area (Å²) in [6, 6.07) is 0.158. The molecule has 2 rings (SSSR count). The molecule has 0 bridgehead atoms. The number of carbonyl (C=O) groups is 2. The molecule has 2 amide bonds. The van der Waals surface area contributed by atoms with Crippen molar-refractivity contribution in [3.05, 3.63) is 0 Å². The zero-order valence-electron chi connectivity index (χ0n) is 13.3. The zero-order valence-corrected chi connectivity index (χ0v) is 13.3. The first-order chi connectivity index (χ1) is 10.0. The minimum atomic E-state index is -0.185. The van der Waals surface area contributed by atoms with E-state index in [0.29, 0.717) is 25.3 Å². The fourth-order valence-electron chi connectivity index (χ4n) is 3.53. The molecule has 0 aromatic rings. The summed E-state index contributed by atoms with van der Waals surface area (Å²) >= 11 is 0. The van der Waals surface area contributed by atoms with Crippen molar-refractivity contribution in [2.24, 2.45) is 11.8 Å². The molecule has 0 spiro atoms. The molecule has 0 aromatic carbocycles. The van der Waals surface area contributed by atoms with Crippen LogP contribution in [0.25, 0.3) is 0 Å². The predicted octanol–water partition coefficient (Wildman–Crippen LogP) is 1.25. The summed E-state index contributed by atoms with van der Waals surface area (Å²) in [6.07, 6.45) is 4.14. The lowest BCUT2D eigenvalue weighted by atomic mass is 9.96. The summed E-state index contributed by atoms with van der Waals surface area (Å²) in [5.41, 5.74) is 0. The molecule has 2 fully saturated rings. The molecule has 2 saturated heterocycles. The fraction of sp³-hybridized carbons (Fsp3) is 0.875. The number of rotatable bonds is 5. The van der Waals surface area contributed by atoms with Crippen LogP contribution in [0.5, 0.6) is 0 Å². The second-order valence-corrected chi connectivity index (χ2v) is 6.79. The van der Waals surface area contributed by atoms with Crippen molar-refractivity contribution < 1.29 is 14.7 Å². The fourth-order valence-corrected chi connectivity index (χ4v) is 3.53.